The zero-order valence-electron chi connectivity index (χ0n) is 10.4. The van der Waals surface area contributed by atoms with Gasteiger partial charge in [0.2, 0.25) is 0 Å². The summed E-state index contributed by atoms with van der Waals surface area (Å²) in [5.74, 6) is 1.04. The molecule has 4 heteroatoms. The van der Waals surface area contributed by atoms with Crippen molar-refractivity contribution in [2.45, 2.75) is 64.5 Å². The summed E-state index contributed by atoms with van der Waals surface area (Å²) in [7, 11) is 0. The van der Waals surface area contributed by atoms with Crippen molar-refractivity contribution in [1.29, 1.82) is 0 Å². The van der Waals surface area contributed by atoms with E-state index >= 15 is 0 Å². The molecule has 0 aliphatic heterocycles. The van der Waals surface area contributed by atoms with E-state index in [2.05, 4.69) is 17.4 Å². The van der Waals surface area contributed by atoms with E-state index in [4.69, 9.17) is 10.9 Å². The van der Waals surface area contributed by atoms with Crippen LogP contribution in [0.1, 0.15) is 52.4 Å². The monoisotopic (exact) mass is 227 g/mol. The molecule has 0 aromatic heterocycles. The van der Waals surface area contributed by atoms with Gasteiger partial charge in [-0.15, -0.1) is 0 Å². The van der Waals surface area contributed by atoms with Crippen molar-refractivity contribution in [1.82, 2.24) is 5.32 Å². The maximum atomic E-state index is 8.68. The number of oxime groups is 1. The molecule has 94 valence electrons. The van der Waals surface area contributed by atoms with Crippen LogP contribution in [0.15, 0.2) is 5.16 Å². The van der Waals surface area contributed by atoms with Crippen LogP contribution < -0.4 is 11.1 Å². The van der Waals surface area contributed by atoms with Gasteiger partial charge in [0.1, 0.15) is 0 Å². The molecule has 0 saturated heterocycles. The lowest BCUT2D eigenvalue weighted by atomic mass is 9.84. The van der Waals surface area contributed by atoms with E-state index in [0.29, 0.717) is 11.9 Å². The Hall–Kier alpha value is -0.770. The summed E-state index contributed by atoms with van der Waals surface area (Å²) in [4.78, 5) is 0. The lowest BCUT2D eigenvalue weighted by molar-refractivity contribution is 0.270. The molecule has 0 bridgehead atoms. The summed E-state index contributed by atoms with van der Waals surface area (Å²) in [6.45, 7) is 4.26. The number of amidine groups is 1. The van der Waals surface area contributed by atoms with Crippen molar-refractivity contribution in [2.75, 3.05) is 0 Å². The first-order chi connectivity index (χ1) is 7.69. The number of hydrogen-bond acceptors (Lipinski definition) is 3. The van der Waals surface area contributed by atoms with E-state index in [-0.39, 0.29) is 6.04 Å². The minimum atomic E-state index is 0.00178. The Morgan fingerprint density at radius 1 is 1.44 bits per heavy atom. The molecular weight excluding hydrogens is 202 g/mol. The third-order valence-electron chi connectivity index (χ3n) is 3.70. The van der Waals surface area contributed by atoms with Gasteiger partial charge >= 0.3 is 0 Å². The highest BCUT2D eigenvalue weighted by Crippen LogP contribution is 2.26. The number of nitrogens with two attached hydrogens (primary N) is 1. The van der Waals surface area contributed by atoms with Crippen molar-refractivity contribution >= 4 is 5.84 Å². The Morgan fingerprint density at radius 2 is 2.06 bits per heavy atom. The lowest BCUT2D eigenvalue weighted by Crippen LogP contribution is -2.48. The molecular formula is C12H25N3O. The molecule has 4 N–H and O–H groups in total. The Morgan fingerprint density at radius 3 is 2.56 bits per heavy atom. The van der Waals surface area contributed by atoms with Gasteiger partial charge in [-0.2, -0.15) is 0 Å². The van der Waals surface area contributed by atoms with E-state index in [1.165, 1.54) is 32.1 Å². The normalized spacial score (nSPS) is 23.0. The second kappa shape index (κ2) is 6.74. The largest absolute Gasteiger partial charge is 0.409 e. The third kappa shape index (κ3) is 3.67. The van der Waals surface area contributed by atoms with Gasteiger partial charge in [-0.25, -0.2) is 0 Å². The van der Waals surface area contributed by atoms with E-state index in [1.54, 1.807) is 0 Å². The van der Waals surface area contributed by atoms with Gasteiger partial charge in [0, 0.05) is 6.04 Å². The first-order valence-electron chi connectivity index (χ1n) is 6.42. The van der Waals surface area contributed by atoms with Gasteiger partial charge in [0.25, 0.3) is 0 Å². The predicted octanol–water partition coefficient (Wildman–Crippen LogP) is 2.07. The van der Waals surface area contributed by atoms with Gasteiger partial charge in [0.15, 0.2) is 5.84 Å². The molecule has 0 aromatic carbocycles. The molecule has 16 heavy (non-hydrogen) atoms. The molecule has 1 saturated carbocycles. The summed E-state index contributed by atoms with van der Waals surface area (Å²) in [6, 6.07) is 0.451. The highest BCUT2D eigenvalue weighted by Gasteiger charge is 2.23. The van der Waals surface area contributed by atoms with E-state index in [9.17, 15) is 0 Å². The standard InChI is InChI=1S/C12H25N3O/c1-3-11(12(13)15-16)14-9(2)10-7-5-4-6-8-10/h9-11,14,16H,3-8H2,1-2H3,(H2,13,15)/t9-,11?/m0/s1. The van der Waals surface area contributed by atoms with Gasteiger partial charge < -0.3 is 16.3 Å². The van der Waals surface area contributed by atoms with Crippen molar-refractivity contribution in [3.8, 4) is 0 Å². The molecule has 0 spiro atoms. The highest BCUT2D eigenvalue weighted by molar-refractivity contribution is 5.85. The van der Waals surface area contributed by atoms with E-state index in [1.807, 2.05) is 6.92 Å². The Labute approximate surface area is 98.3 Å². The molecule has 4 nitrogen and oxygen atoms in total. The highest BCUT2D eigenvalue weighted by atomic mass is 16.4. The van der Waals surface area contributed by atoms with Crippen LogP contribution in [0.3, 0.4) is 0 Å². The molecule has 2 atom stereocenters. The van der Waals surface area contributed by atoms with Crippen LogP contribution in [-0.2, 0) is 0 Å². The molecule has 1 unspecified atom stereocenters. The Balaban J connectivity index is 2.44. The van der Waals surface area contributed by atoms with E-state index in [0.717, 1.165) is 12.3 Å². The van der Waals surface area contributed by atoms with Crippen LogP contribution in [0.5, 0.6) is 0 Å². The summed E-state index contributed by atoms with van der Waals surface area (Å²) in [6.07, 6.45) is 7.53. The molecule has 0 aromatic rings. The lowest BCUT2D eigenvalue weighted by Gasteiger charge is -2.31. The van der Waals surface area contributed by atoms with Crippen molar-refractivity contribution in [3.63, 3.8) is 0 Å². The molecule has 0 amide bonds. The zero-order chi connectivity index (χ0) is 12.0. The maximum absolute atomic E-state index is 8.68. The van der Waals surface area contributed by atoms with Crippen LogP contribution in [0, 0.1) is 5.92 Å². The summed E-state index contributed by atoms with van der Waals surface area (Å²) >= 11 is 0. The fraction of sp³-hybridized carbons (Fsp3) is 0.917. The first-order valence-corrected chi connectivity index (χ1v) is 6.42. The van der Waals surface area contributed by atoms with Crippen LogP contribution in [-0.4, -0.2) is 23.1 Å². The minimum Gasteiger partial charge on any atom is -0.409 e. The summed E-state index contributed by atoms with van der Waals surface area (Å²) in [5.41, 5.74) is 5.64. The maximum Gasteiger partial charge on any atom is 0.156 e. The molecule has 0 heterocycles. The molecule has 1 aliphatic carbocycles. The molecule has 1 aliphatic rings. The van der Waals surface area contributed by atoms with Crippen molar-refractivity contribution in [2.24, 2.45) is 16.8 Å². The molecule has 1 fully saturated rings. The van der Waals surface area contributed by atoms with Gasteiger partial charge in [-0.05, 0) is 32.1 Å². The zero-order valence-corrected chi connectivity index (χ0v) is 10.4. The number of rotatable bonds is 5. The van der Waals surface area contributed by atoms with E-state index < -0.39 is 0 Å². The van der Waals surface area contributed by atoms with Crippen LogP contribution in [0.4, 0.5) is 0 Å². The second-order valence-electron chi connectivity index (χ2n) is 4.84. The second-order valence-corrected chi connectivity index (χ2v) is 4.84. The summed E-state index contributed by atoms with van der Waals surface area (Å²) < 4.78 is 0. The fourth-order valence-corrected chi connectivity index (χ4v) is 2.57. The van der Waals surface area contributed by atoms with Gasteiger partial charge in [0.05, 0.1) is 6.04 Å². The van der Waals surface area contributed by atoms with Crippen LogP contribution in [0.2, 0.25) is 0 Å². The average Bonchev–Trinajstić information content (AvgIpc) is 2.35. The fourth-order valence-electron chi connectivity index (χ4n) is 2.57. The SMILES string of the molecule is CCC(N[C@@H](C)C1CCCCC1)C(N)=NO. The first kappa shape index (κ1) is 13.3. The molecule has 0 radical (unpaired) electrons. The number of nitrogens with one attached hydrogen (secondary N) is 1. The van der Waals surface area contributed by atoms with Gasteiger partial charge in [-0.1, -0.05) is 31.3 Å². The number of hydrogen-bond donors (Lipinski definition) is 3. The Kier molecular flexibility index (Phi) is 5.60. The molecule has 1 rings (SSSR count). The third-order valence-corrected chi connectivity index (χ3v) is 3.70. The van der Waals surface area contributed by atoms with Crippen LogP contribution >= 0.6 is 0 Å². The quantitative estimate of drug-likeness (QED) is 0.291. The van der Waals surface area contributed by atoms with Gasteiger partial charge in [-0.3, -0.25) is 0 Å². The van der Waals surface area contributed by atoms with Crippen molar-refractivity contribution in [3.05, 3.63) is 0 Å². The Bertz CT molecular complexity index is 224. The minimum absolute atomic E-state index is 0.00178. The smallest absolute Gasteiger partial charge is 0.156 e. The van der Waals surface area contributed by atoms with Crippen LogP contribution in [0.25, 0.3) is 0 Å². The number of nitrogens with zero attached hydrogens (tertiary/aromatic N) is 1. The average molecular weight is 227 g/mol. The van der Waals surface area contributed by atoms with Crippen molar-refractivity contribution < 1.29 is 5.21 Å². The predicted molar refractivity (Wildman–Crippen MR) is 66.7 cm³/mol. The topological polar surface area (TPSA) is 70.6 Å². The summed E-state index contributed by atoms with van der Waals surface area (Å²) in [5, 5.41) is 15.2.